The zero-order chi connectivity index (χ0) is 14.7. The van der Waals surface area contributed by atoms with Crippen molar-refractivity contribution in [3.05, 3.63) is 24.0 Å². The van der Waals surface area contributed by atoms with Crippen LogP contribution in [0.4, 0.5) is 0 Å². The van der Waals surface area contributed by atoms with Gasteiger partial charge in [0.15, 0.2) is 0 Å². The lowest BCUT2D eigenvalue weighted by Gasteiger charge is -2.39. The van der Waals surface area contributed by atoms with Crippen LogP contribution >= 0.6 is 0 Å². The number of likely N-dealkylation sites (tertiary alicyclic amines) is 1. The largest absolute Gasteiger partial charge is 0.494 e. The van der Waals surface area contributed by atoms with Crippen LogP contribution in [0.1, 0.15) is 42.5 Å². The van der Waals surface area contributed by atoms with Gasteiger partial charge in [0.05, 0.1) is 18.9 Å². The van der Waals surface area contributed by atoms with Gasteiger partial charge in [-0.05, 0) is 44.7 Å². The molecule has 0 spiro atoms. The minimum Gasteiger partial charge on any atom is -0.494 e. The first-order valence-corrected chi connectivity index (χ1v) is 7.83. The number of pyridine rings is 1. The van der Waals surface area contributed by atoms with Gasteiger partial charge in [0.1, 0.15) is 5.75 Å². The van der Waals surface area contributed by atoms with Crippen molar-refractivity contribution in [2.75, 3.05) is 20.2 Å². The number of nitrogens with zero attached hydrogens (tertiary/aromatic N) is 2. The molecular formula is C16H23N3O2. The van der Waals surface area contributed by atoms with Gasteiger partial charge in [-0.25, -0.2) is 0 Å². The number of methoxy groups -OCH3 is 1. The summed E-state index contributed by atoms with van der Waals surface area (Å²) in [6.45, 7) is 1.91. The molecule has 5 nitrogen and oxygen atoms in total. The molecule has 0 bridgehead atoms. The van der Waals surface area contributed by atoms with E-state index in [0.29, 0.717) is 23.4 Å². The van der Waals surface area contributed by atoms with Crippen LogP contribution in [0.2, 0.25) is 0 Å². The SMILES string of the molecule is COc1cnccc1C(=O)N1CCCCC1C1CCCN1. The van der Waals surface area contributed by atoms with Gasteiger partial charge in [-0.2, -0.15) is 0 Å². The van der Waals surface area contributed by atoms with Crippen LogP contribution in [0, 0.1) is 0 Å². The molecule has 2 saturated heterocycles. The molecule has 1 aromatic heterocycles. The Bertz CT molecular complexity index is 500. The number of piperidine rings is 1. The average molecular weight is 289 g/mol. The van der Waals surface area contributed by atoms with Crippen molar-refractivity contribution in [3.8, 4) is 5.75 Å². The molecular weight excluding hydrogens is 266 g/mol. The molecule has 0 aliphatic carbocycles. The van der Waals surface area contributed by atoms with E-state index < -0.39 is 0 Å². The number of rotatable bonds is 3. The number of nitrogens with one attached hydrogen (secondary N) is 1. The summed E-state index contributed by atoms with van der Waals surface area (Å²) >= 11 is 0. The summed E-state index contributed by atoms with van der Waals surface area (Å²) < 4.78 is 5.29. The molecule has 5 heteroatoms. The third-order valence-electron chi connectivity index (χ3n) is 4.61. The predicted octanol–water partition coefficient (Wildman–Crippen LogP) is 1.84. The van der Waals surface area contributed by atoms with E-state index in [2.05, 4.69) is 10.3 Å². The summed E-state index contributed by atoms with van der Waals surface area (Å²) in [5.74, 6) is 0.638. The van der Waals surface area contributed by atoms with E-state index in [1.807, 2.05) is 4.90 Å². The molecule has 2 aliphatic heterocycles. The fourth-order valence-corrected chi connectivity index (χ4v) is 3.54. The van der Waals surface area contributed by atoms with E-state index in [4.69, 9.17) is 4.74 Å². The summed E-state index contributed by atoms with van der Waals surface area (Å²) in [5, 5.41) is 3.55. The molecule has 1 aromatic rings. The van der Waals surface area contributed by atoms with E-state index in [1.165, 1.54) is 19.3 Å². The molecule has 2 unspecified atom stereocenters. The third-order valence-corrected chi connectivity index (χ3v) is 4.61. The molecule has 1 amide bonds. The molecule has 21 heavy (non-hydrogen) atoms. The zero-order valence-electron chi connectivity index (χ0n) is 12.5. The van der Waals surface area contributed by atoms with Gasteiger partial charge in [0.2, 0.25) is 0 Å². The molecule has 1 N–H and O–H groups in total. The van der Waals surface area contributed by atoms with Gasteiger partial charge < -0.3 is 15.0 Å². The van der Waals surface area contributed by atoms with Gasteiger partial charge in [0.25, 0.3) is 5.91 Å². The molecule has 0 aromatic carbocycles. The molecule has 2 fully saturated rings. The summed E-state index contributed by atoms with van der Waals surface area (Å²) in [6, 6.07) is 2.52. The van der Waals surface area contributed by atoms with Crippen LogP contribution in [0.15, 0.2) is 18.5 Å². The van der Waals surface area contributed by atoms with Crippen molar-refractivity contribution in [2.24, 2.45) is 0 Å². The van der Waals surface area contributed by atoms with Gasteiger partial charge in [-0.3, -0.25) is 9.78 Å². The first kappa shape index (κ1) is 14.3. The van der Waals surface area contributed by atoms with Gasteiger partial charge in [-0.15, -0.1) is 0 Å². The molecule has 114 valence electrons. The van der Waals surface area contributed by atoms with Crippen molar-refractivity contribution >= 4 is 5.91 Å². The summed E-state index contributed by atoms with van der Waals surface area (Å²) in [4.78, 5) is 19.0. The Morgan fingerprint density at radius 1 is 1.38 bits per heavy atom. The van der Waals surface area contributed by atoms with Crippen molar-refractivity contribution in [1.82, 2.24) is 15.2 Å². The molecule has 0 saturated carbocycles. The lowest BCUT2D eigenvalue weighted by atomic mass is 9.93. The highest BCUT2D eigenvalue weighted by Gasteiger charge is 2.35. The highest BCUT2D eigenvalue weighted by molar-refractivity contribution is 5.97. The fourth-order valence-electron chi connectivity index (χ4n) is 3.54. The Balaban J connectivity index is 1.83. The number of hydrogen-bond acceptors (Lipinski definition) is 4. The van der Waals surface area contributed by atoms with E-state index in [9.17, 15) is 4.79 Å². The summed E-state index contributed by atoms with van der Waals surface area (Å²) in [7, 11) is 1.58. The van der Waals surface area contributed by atoms with Crippen molar-refractivity contribution < 1.29 is 9.53 Å². The Hall–Kier alpha value is -1.62. The first-order chi connectivity index (χ1) is 10.3. The second-order valence-corrected chi connectivity index (χ2v) is 5.84. The predicted molar refractivity (Wildman–Crippen MR) is 80.5 cm³/mol. The van der Waals surface area contributed by atoms with Gasteiger partial charge >= 0.3 is 0 Å². The first-order valence-electron chi connectivity index (χ1n) is 7.83. The topological polar surface area (TPSA) is 54.5 Å². The smallest absolute Gasteiger partial charge is 0.258 e. The van der Waals surface area contributed by atoms with Gasteiger partial charge in [-0.1, -0.05) is 0 Å². The van der Waals surface area contributed by atoms with E-state index in [0.717, 1.165) is 25.9 Å². The molecule has 2 atom stereocenters. The van der Waals surface area contributed by atoms with Crippen molar-refractivity contribution in [3.63, 3.8) is 0 Å². The van der Waals surface area contributed by atoms with Crippen LogP contribution in [0.3, 0.4) is 0 Å². The Kier molecular flexibility index (Phi) is 4.39. The molecule has 2 aliphatic rings. The van der Waals surface area contributed by atoms with Crippen molar-refractivity contribution in [1.29, 1.82) is 0 Å². The number of carbonyl (C=O) groups is 1. The Morgan fingerprint density at radius 2 is 2.29 bits per heavy atom. The highest BCUT2D eigenvalue weighted by Crippen LogP contribution is 2.27. The molecule has 3 rings (SSSR count). The van der Waals surface area contributed by atoms with Crippen LogP contribution in [-0.2, 0) is 0 Å². The minimum absolute atomic E-state index is 0.0765. The maximum Gasteiger partial charge on any atom is 0.258 e. The highest BCUT2D eigenvalue weighted by atomic mass is 16.5. The Labute approximate surface area is 125 Å². The molecule has 0 radical (unpaired) electrons. The van der Waals surface area contributed by atoms with Crippen LogP contribution in [0.5, 0.6) is 5.75 Å². The number of ether oxygens (including phenoxy) is 1. The number of carbonyl (C=O) groups excluding carboxylic acids is 1. The zero-order valence-corrected chi connectivity index (χ0v) is 12.5. The normalized spacial score (nSPS) is 25.9. The second kappa shape index (κ2) is 6.43. The van der Waals surface area contributed by atoms with E-state index in [1.54, 1.807) is 25.6 Å². The van der Waals surface area contributed by atoms with Crippen LogP contribution in [-0.4, -0.2) is 48.1 Å². The van der Waals surface area contributed by atoms with Crippen molar-refractivity contribution in [2.45, 2.75) is 44.2 Å². The maximum atomic E-state index is 12.9. The standard InChI is InChI=1S/C16H23N3O2/c1-21-15-11-17-9-7-12(15)16(20)19-10-3-2-6-14(19)13-5-4-8-18-13/h7,9,11,13-14,18H,2-6,8,10H2,1H3. The van der Waals surface area contributed by atoms with Crippen LogP contribution in [0.25, 0.3) is 0 Å². The lowest BCUT2D eigenvalue weighted by molar-refractivity contribution is 0.0560. The third kappa shape index (κ3) is 2.88. The van der Waals surface area contributed by atoms with E-state index in [-0.39, 0.29) is 5.91 Å². The second-order valence-electron chi connectivity index (χ2n) is 5.84. The minimum atomic E-state index is 0.0765. The summed E-state index contributed by atoms with van der Waals surface area (Å²) in [6.07, 6.45) is 9.03. The fraction of sp³-hybridized carbons (Fsp3) is 0.625. The number of amides is 1. The quantitative estimate of drug-likeness (QED) is 0.922. The number of aromatic nitrogens is 1. The van der Waals surface area contributed by atoms with Crippen LogP contribution < -0.4 is 10.1 Å². The molecule has 3 heterocycles. The van der Waals surface area contributed by atoms with E-state index >= 15 is 0 Å². The lowest BCUT2D eigenvalue weighted by Crippen LogP contribution is -2.52. The Morgan fingerprint density at radius 3 is 3.05 bits per heavy atom. The average Bonchev–Trinajstić information content (AvgIpc) is 3.08. The maximum absolute atomic E-state index is 12.9. The number of hydrogen-bond donors (Lipinski definition) is 1. The van der Waals surface area contributed by atoms with Gasteiger partial charge in [0, 0.05) is 24.8 Å². The summed E-state index contributed by atoms with van der Waals surface area (Å²) in [5.41, 5.74) is 0.623. The monoisotopic (exact) mass is 289 g/mol.